The van der Waals surface area contributed by atoms with Crippen LogP contribution in [0, 0.1) is 11.7 Å². The number of carbonyl (C=O) groups excluding carboxylic acids is 3. The van der Waals surface area contributed by atoms with Gasteiger partial charge in [-0.15, -0.1) is 0 Å². The lowest BCUT2D eigenvalue weighted by atomic mass is 10.1. The quantitative estimate of drug-likeness (QED) is 0.811. The highest BCUT2D eigenvalue weighted by molar-refractivity contribution is 6.01. The van der Waals surface area contributed by atoms with Crippen LogP contribution >= 0.6 is 0 Å². The molecule has 2 aromatic rings. The largest absolute Gasteiger partial charge is 0.312 e. The van der Waals surface area contributed by atoms with Gasteiger partial charge in [0.25, 0.3) is 5.91 Å². The predicted octanol–water partition coefficient (Wildman–Crippen LogP) is 2.20. The minimum absolute atomic E-state index is 0.0667. The molecule has 1 fully saturated rings. The molecule has 7 heteroatoms. The monoisotopic (exact) mass is 369 g/mol. The molecule has 2 aromatic carbocycles. The summed E-state index contributed by atoms with van der Waals surface area (Å²) in [4.78, 5) is 38.1. The zero-order valence-corrected chi connectivity index (χ0v) is 14.9. The van der Waals surface area contributed by atoms with Crippen molar-refractivity contribution >= 4 is 23.4 Å². The van der Waals surface area contributed by atoms with Gasteiger partial charge in [0.1, 0.15) is 5.82 Å². The van der Waals surface area contributed by atoms with E-state index in [1.807, 2.05) is 24.3 Å². The number of amides is 3. The average molecular weight is 369 g/mol. The number of rotatable bonds is 4. The van der Waals surface area contributed by atoms with Gasteiger partial charge in [0.2, 0.25) is 11.8 Å². The summed E-state index contributed by atoms with van der Waals surface area (Å²) in [6, 6.07) is 12.8. The van der Waals surface area contributed by atoms with Crippen LogP contribution in [-0.2, 0) is 16.0 Å². The van der Waals surface area contributed by atoms with Crippen molar-refractivity contribution in [2.24, 2.45) is 5.92 Å². The van der Waals surface area contributed by atoms with Crippen LogP contribution in [0.2, 0.25) is 0 Å². The molecule has 3 rings (SSSR count). The molecule has 1 heterocycles. The molecule has 140 valence electrons. The maximum atomic E-state index is 13.2. The molecule has 3 amide bonds. The maximum Gasteiger partial charge on any atom is 0.269 e. The minimum atomic E-state index is -0.626. The highest BCUT2D eigenvalue weighted by Gasteiger charge is 2.35. The first-order chi connectivity index (χ1) is 13.0. The number of hydrogen-bond donors (Lipinski definition) is 2. The van der Waals surface area contributed by atoms with E-state index in [-0.39, 0.29) is 24.4 Å². The van der Waals surface area contributed by atoms with Crippen LogP contribution in [0.15, 0.2) is 48.5 Å². The van der Waals surface area contributed by atoms with Crippen molar-refractivity contribution in [2.45, 2.75) is 19.8 Å². The van der Waals surface area contributed by atoms with Crippen LogP contribution < -0.4 is 15.8 Å². The third-order valence-electron chi connectivity index (χ3n) is 4.54. The Bertz CT molecular complexity index is 867. The first-order valence-electron chi connectivity index (χ1n) is 8.73. The van der Waals surface area contributed by atoms with Gasteiger partial charge in [-0.05, 0) is 42.3 Å². The summed E-state index contributed by atoms with van der Waals surface area (Å²) in [7, 11) is 0. The van der Waals surface area contributed by atoms with E-state index in [0.29, 0.717) is 0 Å². The lowest BCUT2D eigenvalue weighted by molar-refractivity contribution is -0.126. The van der Waals surface area contributed by atoms with E-state index in [9.17, 15) is 18.8 Å². The number of hydrazine groups is 1. The number of carbonyl (C=O) groups is 3. The molecule has 0 radical (unpaired) electrons. The van der Waals surface area contributed by atoms with Crippen molar-refractivity contribution < 1.29 is 18.8 Å². The van der Waals surface area contributed by atoms with Gasteiger partial charge in [-0.2, -0.15) is 0 Å². The van der Waals surface area contributed by atoms with Crippen molar-refractivity contribution in [3.05, 3.63) is 65.5 Å². The zero-order valence-electron chi connectivity index (χ0n) is 14.9. The van der Waals surface area contributed by atoms with E-state index in [0.717, 1.165) is 18.2 Å². The Morgan fingerprint density at radius 2 is 1.89 bits per heavy atom. The molecule has 0 unspecified atom stereocenters. The van der Waals surface area contributed by atoms with Crippen molar-refractivity contribution in [1.82, 2.24) is 10.9 Å². The zero-order chi connectivity index (χ0) is 19.4. The fourth-order valence-electron chi connectivity index (χ4n) is 2.97. The lowest BCUT2D eigenvalue weighted by Gasteiger charge is -2.17. The number of benzene rings is 2. The average Bonchev–Trinajstić information content (AvgIpc) is 3.07. The van der Waals surface area contributed by atoms with Gasteiger partial charge in [0.15, 0.2) is 0 Å². The van der Waals surface area contributed by atoms with Crippen LogP contribution in [0.3, 0.4) is 0 Å². The Morgan fingerprint density at radius 3 is 2.56 bits per heavy atom. The van der Waals surface area contributed by atoms with Crippen LogP contribution in [0.1, 0.15) is 29.3 Å². The first-order valence-corrected chi connectivity index (χ1v) is 8.73. The smallest absolute Gasteiger partial charge is 0.269 e. The highest BCUT2D eigenvalue weighted by Crippen LogP contribution is 2.25. The summed E-state index contributed by atoms with van der Waals surface area (Å²) in [6.45, 7) is 2.29. The van der Waals surface area contributed by atoms with Crippen LogP contribution in [0.5, 0.6) is 0 Å². The molecule has 1 saturated heterocycles. The van der Waals surface area contributed by atoms with Gasteiger partial charge < -0.3 is 4.90 Å². The van der Waals surface area contributed by atoms with E-state index >= 15 is 0 Å². The van der Waals surface area contributed by atoms with Gasteiger partial charge in [-0.1, -0.05) is 25.1 Å². The number of aryl methyl sites for hydroxylation is 1. The lowest BCUT2D eigenvalue weighted by Crippen LogP contribution is -2.45. The van der Waals surface area contributed by atoms with Crippen molar-refractivity contribution in [3.8, 4) is 0 Å². The molecule has 1 atom stereocenters. The fourth-order valence-corrected chi connectivity index (χ4v) is 2.97. The van der Waals surface area contributed by atoms with Crippen LogP contribution in [0.4, 0.5) is 10.1 Å². The van der Waals surface area contributed by atoms with Gasteiger partial charge in [0.05, 0.1) is 5.92 Å². The summed E-state index contributed by atoms with van der Waals surface area (Å²) < 4.78 is 13.2. The maximum absolute atomic E-state index is 13.2. The molecular weight excluding hydrogens is 349 g/mol. The second-order valence-electron chi connectivity index (χ2n) is 6.38. The van der Waals surface area contributed by atoms with E-state index in [1.165, 1.54) is 23.8 Å². The number of nitrogens with one attached hydrogen (secondary N) is 2. The predicted molar refractivity (Wildman–Crippen MR) is 98.3 cm³/mol. The Labute approximate surface area is 156 Å². The number of anilines is 1. The van der Waals surface area contributed by atoms with E-state index in [1.54, 1.807) is 4.90 Å². The third-order valence-corrected chi connectivity index (χ3v) is 4.54. The summed E-state index contributed by atoms with van der Waals surface area (Å²) >= 11 is 0. The van der Waals surface area contributed by atoms with Gasteiger partial charge in [-0.25, -0.2) is 4.39 Å². The first kappa shape index (κ1) is 18.6. The van der Waals surface area contributed by atoms with E-state index < -0.39 is 23.5 Å². The highest BCUT2D eigenvalue weighted by atomic mass is 19.1. The number of nitrogens with zero attached hydrogens (tertiary/aromatic N) is 1. The summed E-state index contributed by atoms with van der Waals surface area (Å²) in [6.07, 6.45) is 0.974. The molecule has 6 nitrogen and oxygen atoms in total. The van der Waals surface area contributed by atoms with E-state index in [2.05, 4.69) is 17.8 Å². The molecule has 1 aliphatic heterocycles. The molecule has 0 aliphatic carbocycles. The van der Waals surface area contributed by atoms with Crippen LogP contribution in [-0.4, -0.2) is 24.3 Å². The summed E-state index contributed by atoms with van der Waals surface area (Å²) in [5, 5.41) is 0. The van der Waals surface area contributed by atoms with Crippen molar-refractivity contribution in [3.63, 3.8) is 0 Å². The second kappa shape index (κ2) is 7.99. The fraction of sp³-hybridized carbons (Fsp3) is 0.250. The Hall–Kier alpha value is -3.22. The molecule has 2 N–H and O–H groups in total. The van der Waals surface area contributed by atoms with Gasteiger partial charge in [0, 0.05) is 24.2 Å². The molecular formula is C20H20FN3O3. The topological polar surface area (TPSA) is 78.5 Å². The molecule has 0 bridgehead atoms. The SMILES string of the molecule is CCc1ccc(N2C[C@H](C(=O)NNC(=O)c3cccc(F)c3)CC2=O)cc1. The minimum Gasteiger partial charge on any atom is -0.312 e. The normalized spacial score (nSPS) is 16.3. The molecule has 0 aromatic heterocycles. The van der Waals surface area contributed by atoms with Gasteiger partial charge in [-0.3, -0.25) is 25.2 Å². The Balaban J connectivity index is 1.57. The van der Waals surface area contributed by atoms with Gasteiger partial charge >= 0.3 is 0 Å². The Morgan fingerprint density at radius 1 is 1.15 bits per heavy atom. The van der Waals surface area contributed by atoms with E-state index in [4.69, 9.17) is 0 Å². The number of halogens is 1. The molecule has 0 spiro atoms. The molecule has 1 aliphatic rings. The van der Waals surface area contributed by atoms with Crippen molar-refractivity contribution in [1.29, 1.82) is 0 Å². The standard InChI is InChI=1S/C20H20FN3O3/c1-2-13-6-8-17(9-7-13)24-12-15(11-18(24)25)20(27)23-22-19(26)14-4-3-5-16(21)10-14/h3-10,15H,2,11-12H2,1H3,(H,22,26)(H,23,27)/t15-/m1/s1. The second-order valence-corrected chi connectivity index (χ2v) is 6.38. The number of hydrogen-bond acceptors (Lipinski definition) is 3. The van der Waals surface area contributed by atoms with Crippen molar-refractivity contribution in [2.75, 3.05) is 11.4 Å². The van der Waals surface area contributed by atoms with Crippen LogP contribution in [0.25, 0.3) is 0 Å². The summed E-state index contributed by atoms with van der Waals surface area (Å²) in [5.74, 6) is -2.34. The molecule has 0 saturated carbocycles. The Kier molecular flexibility index (Phi) is 5.49. The third kappa shape index (κ3) is 4.31. The molecule has 27 heavy (non-hydrogen) atoms. The summed E-state index contributed by atoms with van der Waals surface area (Å²) in [5.41, 5.74) is 6.57.